The number of aromatic nitrogens is 2. The highest BCUT2D eigenvalue weighted by atomic mass is 35.5. The predicted molar refractivity (Wildman–Crippen MR) is 59.1 cm³/mol. The van der Waals surface area contributed by atoms with Gasteiger partial charge in [0.15, 0.2) is 5.69 Å². The summed E-state index contributed by atoms with van der Waals surface area (Å²) in [4.78, 5) is 0. The molecule has 1 aromatic heterocycles. The van der Waals surface area contributed by atoms with Crippen molar-refractivity contribution in [3.8, 4) is 6.07 Å². The molecular formula is C11H11ClF3N3. The normalized spacial score (nSPS) is 17.7. The predicted octanol–water partition coefficient (Wildman–Crippen LogP) is 3.93. The van der Waals surface area contributed by atoms with E-state index in [9.17, 15) is 13.2 Å². The van der Waals surface area contributed by atoms with Gasteiger partial charge in [-0.25, -0.2) is 4.68 Å². The second-order valence-corrected chi connectivity index (χ2v) is 4.72. The van der Waals surface area contributed by atoms with Crippen LogP contribution in [0.1, 0.15) is 49.4 Å². The molecule has 0 unspecified atom stereocenters. The number of hydrogen-bond acceptors (Lipinski definition) is 2. The van der Waals surface area contributed by atoms with Crippen molar-refractivity contribution in [2.75, 3.05) is 0 Å². The van der Waals surface area contributed by atoms with Crippen LogP contribution < -0.4 is 0 Å². The third kappa shape index (κ3) is 2.32. The molecule has 98 valence electrons. The molecule has 0 atom stereocenters. The molecule has 1 aromatic rings. The van der Waals surface area contributed by atoms with Crippen LogP contribution in [0.15, 0.2) is 0 Å². The van der Waals surface area contributed by atoms with Crippen molar-refractivity contribution in [1.82, 2.24) is 9.78 Å². The van der Waals surface area contributed by atoms with Gasteiger partial charge in [0.05, 0.1) is 6.04 Å². The van der Waals surface area contributed by atoms with E-state index < -0.39 is 17.4 Å². The van der Waals surface area contributed by atoms with Gasteiger partial charge in [0, 0.05) is 0 Å². The molecule has 1 aliphatic carbocycles. The maximum atomic E-state index is 12.7. The lowest BCUT2D eigenvalue weighted by Gasteiger charge is -2.22. The lowest BCUT2D eigenvalue weighted by Crippen LogP contribution is -2.15. The van der Waals surface area contributed by atoms with Crippen LogP contribution >= 0.6 is 11.6 Å². The molecule has 1 heterocycles. The van der Waals surface area contributed by atoms with E-state index in [4.69, 9.17) is 16.9 Å². The quantitative estimate of drug-likeness (QED) is 0.780. The maximum Gasteiger partial charge on any atom is 0.436 e. The SMILES string of the molecule is N#Cc1c(C(F)(F)F)nn(C2CCCCC2)c1Cl. The summed E-state index contributed by atoms with van der Waals surface area (Å²) in [7, 11) is 0. The van der Waals surface area contributed by atoms with Crippen LogP contribution in [-0.4, -0.2) is 9.78 Å². The standard InChI is InChI=1S/C11H11ClF3N3/c12-10-8(6-16)9(11(13,14)15)17-18(10)7-4-2-1-3-5-7/h7H,1-5H2. The van der Waals surface area contributed by atoms with E-state index >= 15 is 0 Å². The summed E-state index contributed by atoms with van der Waals surface area (Å²) in [5.41, 5.74) is -1.75. The van der Waals surface area contributed by atoms with E-state index in [1.54, 1.807) is 0 Å². The van der Waals surface area contributed by atoms with Gasteiger partial charge in [0.2, 0.25) is 0 Å². The van der Waals surface area contributed by atoms with Crippen molar-refractivity contribution in [3.05, 3.63) is 16.4 Å². The number of rotatable bonds is 1. The summed E-state index contributed by atoms with van der Waals surface area (Å²) >= 11 is 5.85. The van der Waals surface area contributed by atoms with Gasteiger partial charge in [-0.1, -0.05) is 30.9 Å². The van der Waals surface area contributed by atoms with Gasteiger partial charge in [-0.2, -0.15) is 23.5 Å². The van der Waals surface area contributed by atoms with Crippen LogP contribution in [0.4, 0.5) is 13.2 Å². The van der Waals surface area contributed by atoms with Crippen molar-refractivity contribution < 1.29 is 13.2 Å². The van der Waals surface area contributed by atoms with Gasteiger partial charge in [-0.15, -0.1) is 0 Å². The van der Waals surface area contributed by atoms with E-state index in [0.29, 0.717) is 0 Å². The summed E-state index contributed by atoms with van der Waals surface area (Å²) in [5, 5.41) is 12.1. The van der Waals surface area contributed by atoms with Crippen molar-refractivity contribution in [1.29, 1.82) is 5.26 Å². The average Bonchev–Trinajstić information content (AvgIpc) is 2.67. The van der Waals surface area contributed by atoms with E-state index in [-0.39, 0.29) is 11.2 Å². The Balaban J connectivity index is 2.44. The molecule has 0 N–H and O–H groups in total. The second kappa shape index (κ2) is 4.81. The first-order chi connectivity index (χ1) is 8.45. The molecule has 0 saturated heterocycles. The Hall–Kier alpha value is -1.22. The zero-order valence-corrected chi connectivity index (χ0v) is 10.2. The van der Waals surface area contributed by atoms with E-state index in [0.717, 1.165) is 32.1 Å². The monoisotopic (exact) mass is 277 g/mol. The smallest absolute Gasteiger partial charge is 0.249 e. The lowest BCUT2D eigenvalue weighted by molar-refractivity contribution is -0.141. The summed E-state index contributed by atoms with van der Waals surface area (Å²) in [5.74, 6) is 0. The van der Waals surface area contributed by atoms with Crippen molar-refractivity contribution in [2.45, 2.75) is 44.3 Å². The Kier molecular flexibility index (Phi) is 3.53. The van der Waals surface area contributed by atoms with Crippen LogP contribution in [0, 0.1) is 11.3 Å². The Morgan fingerprint density at radius 3 is 2.33 bits per heavy atom. The molecule has 0 amide bonds. The summed E-state index contributed by atoms with van der Waals surface area (Å²) in [6, 6.07) is 1.36. The molecule has 18 heavy (non-hydrogen) atoms. The highest BCUT2D eigenvalue weighted by Gasteiger charge is 2.40. The molecule has 1 aliphatic rings. The van der Waals surface area contributed by atoms with Gasteiger partial charge >= 0.3 is 6.18 Å². The van der Waals surface area contributed by atoms with Gasteiger partial charge in [0.25, 0.3) is 0 Å². The average molecular weight is 278 g/mol. The fourth-order valence-corrected chi connectivity index (χ4v) is 2.59. The van der Waals surface area contributed by atoms with Gasteiger partial charge in [0.1, 0.15) is 16.8 Å². The highest BCUT2D eigenvalue weighted by molar-refractivity contribution is 6.30. The minimum Gasteiger partial charge on any atom is -0.249 e. The summed E-state index contributed by atoms with van der Waals surface area (Å²) in [6.45, 7) is 0. The molecule has 0 aliphatic heterocycles. The molecule has 1 fully saturated rings. The van der Waals surface area contributed by atoms with Gasteiger partial charge < -0.3 is 0 Å². The number of nitriles is 1. The molecule has 0 radical (unpaired) electrons. The van der Waals surface area contributed by atoms with Crippen LogP contribution in [0.2, 0.25) is 5.15 Å². The minimum atomic E-state index is -4.64. The van der Waals surface area contributed by atoms with E-state index in [1.165, 1.54) is 10.8 Å². The number of hydrogen-bond donors (Lipinski definition) is 0. The zero-order valence-electron chi connectivity index (χ0n) is 9.47. The molecule has 2 rings (SSSR count). The van der Waals surface area contributed by atoms with Gasteiger partial charge in [-0.05, 0) is 12.8 Å². The Morgan fingerprint density at radius 2 is 1.89 bits per heavy atom. The first-order valence-corrected chi connectivity index (χ1v) is 6.08. The molecule has 7 heteroatoms. The first kappa shape index (κ1) is 13.2. The molecule has 3 nitrogen and oxygen atoms in total. The van der Waals surface area contributed by atoms with Crippen molar-refractivity contribution >= 4 is 11.6 Å². The molecule has 0 aromatic carbocycles. The van der Waals surface area contributed by atoms with Crippen molar-refractivity contribution in [3.63, 3.8) is 0 Å². The summed E-state index contributed by atoms with van der Waals surface area (Å²) < 4.78 is 39.3. The molecule has 0 bridgehead atoms. The Morgan fingerprint density at radius 1 is 1.28 bits per heavy atom. The third-order valence-electron chi connectivity index (χ3n) is 3.15. The fourth-order valence-electron chi connectivity index (χ4n) is 2.28. The second-order valence-electron chi connectivity index (χ2n) is 4.36. The Labute approximate surface area is 107 Å². The fraction of sp³-hybridized carbons (Fsp3) is 0.636. The number of alkyl halides is 3. The molecular weight excluding hydrogens is 267 g/mol. The minimum absolute atomic E-state index is 0.130. The van der Waals surface area contributed by atoms with Gasteiger partial charge in [-0.3, -0.25) is 0 Å². The topological polar surface area (TPSA) is 41.6 Å². The number of nitrogens with zero attached hydrogens (tertiary/aromatic N) is 3. The Bertz CT molecular complexity index is 481. The van der Waals surface area contributed by atoms with Crippen LogP contribution in [0.5, 0.6) is 0 Å². The largest absolute Gasteiger partial charge is 0.436 e. The summed E-state index contributed by atoms with van der Waals surface area (Å²) in [6.07, 6.45) is -0.164. The van der Waals surface area contributed by atoms with E-state index in [1.807, 2.05) is 0 Å². The zero-order chi connectivity index (χ0) is 13.3. The molecule has 1 saturated carbocycles. The number of halogens is 4. The maximum absolute atomic E-state index is 12.7. The van der Waals surface area contributed by atoms with Crippen LogP contribution in [-0.2, 0) is 6.18 Å². The van der Waals surface area contributed by atoms with Crippen LogP contribution in [0.25, 0.3) is 0 Å². The molecule has 0 spiro atoms. The van der Waals surface area contributed by atoms with Crippen molar-refractivity contribution in [2.24, 2.45) is 0 Å². The van der Waals surface area contributed by atoms with E-state index in [2.05, 4.69) is 5.10 Å². The first-order valence-electron chi connectivity index (χ1n) is 5.70. The van der Waals surface area contributed by atoms with Crippen LogP contribution in [0.3, 0.4) is 0 Å². The lowest BCUT2D eigenvalue weighted by atomic mass is 9.96. The third-order valence-corrected chi connectivity index (χ3v) is 3.52. The highest BCUT2D eigenvalue weighted by Crippen LogP contribution is 2.37.